The van der Waals surface area contributed by atoms with E-state index in [-0.39, 0.29) is 12.1 Å². The summed E-state index contributed by atoms with van der Waals surface area (Å²) in [7, 11) is 0. The van der Waals surface area contributed by atoms with Gasteiger partial charge in [0.1, 0.15) is 12.5 Å². The van der Waals surface area contributed by atoms with Crippen LogP contribution in [0.25, 0.3) is 0 Å². The Morgan fingerprint density at radius 2 is 1.53 bits per heavy atom. The van der Waals surface area contributed by atoms with Crippen molar-refractivity contribution in [3.05, 3.63) is 0 Å². The highest BCUT2D eigenvalue weighted by Gasteiger charge is 2.43. The largest absolute Gasteiger partial charge is 0.463 e. The second-order valence-corrected chi connectivity index (χ2v) is 8.70. The quantitative estimate of drug-likeness (QED) is 0.182. The zero-order valence-corrected chi connectivity index (χ0v) is 18.6. The lowest BCUT2D eigenvalue weighted by Gasteiger charge is -2.30. The van der Waals surface area contributed by atoms with Crippen molar-refractivity contribution in [3.8, 4) is 0 Å². The van der Waals surface area contributed by atoms with Crippen molar-refractivity contribution in [1.29, 1.82) is 0 Å². The van der Waals surface area contributed by atoms with Crippen LogP contribution in [0.5, 0.6) is 0 Å². The number of rotatable bonds is 11. The Balaban J connectivity index is 2.24. The summed E-state index contributed by atoms with van der Waals surface area (Å²) in [6.45, 7) is 4.27. The maximum Gasteiger partial charge on any atom is 0.394 e. The van der Waals surface area contributed by atoms with Crippen LogP contribution in [-0.2, 0) is 28.6 Å². The van der Waals surface area contributed by atoms with E-state index in [1.807, 2.05) is 6.92 Å². The van der Waals surface area contributed by atoms with Crippen LogP contribution in [0.2, 0.25) is 0 Å². The van der Waals surface area contributed by atoms with Gasteiger partial charge < -0.3 is 14.2 Å². The van der Waals surface area contributed by atoms with E-state index < -0.39 is 67.8 Å². The molecular formula is C21H31F5O6. The lowest BCUT2D eigenvalue weighted by molar-refractivity contribution is -0.190. The number of esters is 3. The van der Waals surface area contributed by atoms with Gasteiger partial charge in [-0.1, -0.05) is 6.92 Å². The molecule has 0 radical (unpaired) electrons. The highest BCUT2D eigenvalue weighted by Crippen LogP contribution is 2.34. The molecule has 0 N–H and O–H groups in total. The van der Waals surface area contributed by atoms with E-state index in [1.54, 1.807) is 13.8 Å². The molecule has 0 unspecified atom stereocenters. The van der Waals surface area contributed by atoms with Crippen molar-refractivity contribution in [1.82, 2.24) is 0 Å². The molecule has 0 spiro atoms. The van der Waals surface area contributed by atoms with Crippen LogP contribution in [0.1, 0.15) is 72.1 Å². The van der Waals surface area contributed by atoms with Crippen LogP contribution >= 0.6 is 0 Å². The average Bonchev–Trinajstić information content (AvgIpc) is 2.68. The molecule has 11 heteroatoms. The minimum absolute atomic E-state index is 0.280. The second-order valence-electron chi connectivity index (χ2n) is 8.70. The third-order valence-electron chi connectivity index (χ3n) is 5.46. The van der Waals surface area contributed by atoms with E-state index >= 15 is 0 Å². The number of carbonyl (C=O) groups is 3. The summed E-state index contributed by atoms with van der Waals surface area (Å²) in [5.74, 6) is -6.27. The predicted molar refractivity (Wildman–Crippen MR) is 103 cm³/mol. The number of carbonyl (C=O) groups excluding carboxylic acids is 3. The summed E-state index contributed by atoms with van der Waals surface area (Å²) < 4.78 is 77.3. The Kier molecular flexibility index (Phi) is 10.3. The zero-order chi connectivity index (χ0) is 24.6. The van der Waals surface area contributed by atoms with Gasteiger partial charge in [-0.25, -0.2) is 13.6 Å². The van der Waals surface area contributed by atoms with E-state index in [9.17, 15) is 36.3 Å². The zero-order valence-electron chi connectivity index (χ0n) is 18.6. The van der Waals surface area contributed by atoms with E-state index in [4.69, 9.17) is 9.47 Å². The van der Waals surface area contributed by atoms with E-state index in [1.165, 1.54) is 0 Å². The van der Waals surface area contributed by atoms with Gasteiger partial charge in [-0.05, 0) is 52.4 Å². The molecule has 0 bridgehead atoms. The predicted octanol–water partition coefficient (Wildman–Crippen LogP) is 4.98. The van der Waals surface area contributed by atoms with Crippen LogP contribution in [0, 0.1) is 11.3 Å². The molecule has 0 heterocycles. The molecule has 0 atom stereocenters. The smallest absolute Gasteiger partial charge is 0.394 e. The lowest BCUT2D eigenvalue weighted by Crippen LogP contribution is -2.34. The minimum Gasteiger partial charge on any atom is -0.463 e. The van der Waals surface area contributed by atoms with Crippen molar-refractivity contribution < 1.29 is 50.5 Å². The monoisotopic (exact) mass is 474 g/mol. The Morgan fingerprint density at radius 3 is 2.06 bits per heavy atom. The van der Waals surface area contributed by atoms with Gasteiger partial charge >= 0.3 is 24.1 Å². The first-order valence-corrected chi connectivity index (χ1v) is 10.6. The standard InChI is InChI=1S/C21H31F5O6/c1-4-19(2,3)18(29)32-15-8-6-14(7-9-15)17(28)31-12-16(27)30-11-5-10-20(22,23)13-21(24,25)26/h14-15H,4-13H2,1-3H3. The Morgan fingerprint density at radius 1 is 0.938 bits per heavy atom. The van der Waals surface area contributed by atoms with Gasteiger partial charge in [0.15, 0.2) is 6.61 Å². The molecule has 6 nitrogen and oxygen atoms in total. The third kappa shape index (κ3) is 10.6. The Labute approximate surface area is 184 Å². The van der Waals surface area contributed by atoms with Crippen LogP contribution in [-0.4, -0.2) is 49.3 Å². The Bertz CT molecular complexity index is 639. The minimum atomic E-state index is -4.98. The molecule has 1 aliphatic carbocycles. The van der Waals surface area contributed by atoms with E-state index in [0.29, 0.717) is 32.1 Å². The lowest BCUT2D eigenvalue weighted by atomic mass is 9.86. The molecule has 1 saturated carbocycles. The number of alkyl halides is 5. The van der Waals surface area contributed by atoms with Gasteiger partial charge in [0, 0.05) is 6.42 Å². The Hall–Kier alpha value is -1.94. The number of hydrogen-bond donors (Lipinski definition) is 0. The summed E-state index contributed by atoms with van der Waals surface area (Å²) in [5, 5.41) is 0. The molecule has 1 aliphatic rings. The van der Waals surface area contributed by atoms with Crippen molar-refractivity contribution in [2.24, 2.45) is 11.3 Å². The summed E-state index contributed by atoms with van der Waals surface area (Å²) in [6.07, 6.45) is -6.57. The molecular weight excluding hydrogens is 443 g/mol. The van der Waals surface area contributed by atoms with Gasteiger partial charge in [-0.15, -0.1) is 0 Å². The molecule has 0 aromatic heterocycles. The average molecular weight is 474 g/mol. The van der Waals surface area contributed by atoms with Gasteiger partial charge in [0.2, 0.25) is 0 Å². The van der Waals surface area contributed by atoms with Crippen LogP contribution in [0.15, 0.2) is 0 Å². The van der Waals surface area contributed by atoms with Crippen LogP contribution in [0.4, 0.5) is 22.0 Å². The molecule has 32 heavy (non-hydrogen) atoms. The first kappa shape index (κ1) is 28.1. The topological polar surface area (TPSA) is 78.9 Å². The van der Waals surface area contributed by atoms with Gasteiger partial charge in [-0.3, -0.25) is 9.59 Å². The molecule has 0 aromatic carbocycles. The van der Waals surface area contributed by atoms with Crippen molar-refractivity contribution in [3.63, 3.8) is 0 Å². The first-order chi connectivity index (χ1) is 14.6. The fourth-order valence-electron chi connectivity index (χ4n) is 3.06. The number of hydrogen-bond acceptors (Lipinski definition) is 6. The molecule has 0 aromatic rings. The fourth-order valence-corrected chi connectivity index (χ4v) is 3.06. The molecule has 1 rings (SSSR count). The van der Waals surface area contributed by atoms with Crippen LogP contribution < -0.4 is 0 Å². The molecule has 1 fully saturated rings. The third-order valence-corrected chi connectivity index (χ3v) is 5.46. The molecule has 186 valence electrons. The van der Waals surface area contributed by atoms with Crippen molar-refractivity contribution in [2.75, 3.05) is 13.2 Å². The van der Waals surface area contributed by atoms with Gasteiger partial charge in [0.05, 0.1) is 17.9 Å². The number of ether oxygens (including phenoxy) is 3. The first-order valence-electron chi connectivity index (χ1n) is 10.6. The van der Waals surface area contributed by atoms with Crippen molar-refractivity contribution in [2.45, 2.75) is 90.3 Å². The van der Waals surface area contributed by atoms with Gasteiger partial charge in [0.25, 0.3) is 5.92 Å². The highest BCUT2D eigenvalue weighted by atomic mass is 19.4. The summed E-state index contributed by atoms with van der Waals surface area (Å²) in [4.78, 5) is 35.8. The highest BCUT2D eigenvalue weighted by molar-refractivity contribution is 5.78. The van der Waals surface area contributed by atoms with E-state index in [0.717, 1.165) is 0 Å². The van der Waals surface area contributed by atoms with Crippen molar-refractivity contribution >= 4 is 17.9 Å². The fraction of sp³-hybridized carbons (Fsp3) is 0.857. The summed E-state index contributed by atoms with van der Waals surface area (Å²) in [5.41, 5.74) is -0.579. The summed E-state index contributed by atoms with van der Waals surface area (Å²) in [6, 6.07) is 0. The number of halogens is 5. The SMILES string of the molecule is CCC(C)(C)C(=O)OC1CCC(C(=O)OCC(=O)OCCCC(F)(F)CC(F)(F)F)CC1. The van der Waals surface area contributed by atoms with Crippen LogP contribution in [0.3, 0.4) is 0 Å². The molecule has 0 saturated heterocycles. The molecule has 0 amide bonds. The normalized spacial score (nSPS) is 19.9. The summed E-state index contributed by atoms with van der Waals surface area (Å²) >= 11 is 0. The second kappa shape index (κ2) is 11.8. The van der Waals surface area contributed by atoms with E-state index in [2.05, 4.69) is 4.74 Å². The maximum atomic E-state index is 13.1. The van der Waals surface area contributed by atoms with Gasteiger partial charge in [-0.2, -0.15) is 13.2 Å². The maximum absolute atomic E-state index is 13.1. The molecule has 0 aliphatic heterocycles.